The second-order valence-electron chi connectivity index (χ2n) is 14.0. The molecular formula is C36H44N8O3S2. The molecule has 4 aliphatic heterocycles. The molecule has 4 aromatic rings. The van der Waals surface area contributed by atoms with Crippen molar-refractivity contribution in [2.24, 2.45) is 0 Å². The molecule has 3 atom stereocenters. The number of nitrogens with one attached hydrogen (secondary N) is 2. The Bertz CT molecular complexity index is 1900. The molecule has 0 bridgehead atoms. The minimum Gasteiger partial charge on any atom is -0.490 e. The number of benzene rings is 2. The van der Waals surface area contributed by atoms with Crippen LogP contribution >= 0.6 is 11.8 Å². The van der Waals surface area contributed by atoms with Crippen LogP contribution in [0, 0.1) is 6.92 Å². The van der Waals surface area contributed by atoms with Gasteiger partial charge in [0.2, 0.25) is 5.75 Å². The SMILES string of the molecule is COc1c(Nc2cc(C)[nH]n2)nc(Sc2ccc(S(=O)(=O)Cc3ccccc3)cc2)nc1N1CCN(CC23CCC4CCCC(C2)N43)CC1. The Labute approximate surface area is 292 Å². The highest BCUT2D eigenvalue weighted by molar-refractivity contribution is 7.99. The largest absolute Gasteiger partial charge is 0.490 e. The highest BCUT2D eigenvalue weighted by Crippen LogP contribution is 2.53. The van der Waals surface area contributed by atoms with Crippen molar-refractivity contribution >= 4 is 39.1 Å². The quantitative estimate of drug-likeness (QED) is 0.189. The molecule has 0 amide bonds. The number of methoxy groups -OCH3 is 1. The van der Waals surface area contributed by atoms with Crippen LogP contribution < -0.4 is 15.0 Å². The fraction of sp³-hybridized carbons (Fsp3) is 0.472. The maximum Gasteiger partial charge on any atom is 0.204 e. The zero-order chi connectivity index (χ0) is 33.6. The first-order valence-electron chi connectivity index (χ1n) is 17.3. The first kappa shape index (κ1) is 32.5. The average Bonchev–Trinajstić information content (AvgIpc) is 3.66. The van der Waals surface area contributed by atoms with Crippen LogP contribution in [-0.4, -0.2) is 95.8 Å². The van der Waals surface area contributed by atoms with Crippen LogP contribution in [-0.2, 0) is 15.6 Å². The lowest BCUT2D eigenvalue weighted by Gasteiger charge is -2.60. The van der Waals surface area contributed by atoms with E-state index in [0.717, 1.165) is 66.8 Å². The fourth-order valence-corrected chi connectivity index (χ4v) is 10.6. The van der Waals surface area contributed by atoms with E-state index in [0.29, 0.717) is 28.1 Å². The predicted molar refractivity (Wildman–Crippen MR) is 192 cm³/mol. The van der Waals surface area contributed by atoms with Gasteiger partial charge in [0.05, 0.1) is 17.8 Å². The summed E-state index contributed by atoms with van der Waals surface area (Å²) >= 11 is 1.39. The molecule has 4 aliphatic rings. The Morgan fingerprint density at radius 1 is 1.00 bits per heavy atom. The number of rotatable bonds is 11. The van der Waals surface area contributed by atoms with Crippen molar-refractivity contribution in [3.8, 4) is 5.75 Å². The van der Waals surface area contributed by atoms with Gasteiger partial charge < -0.3 is 15.0 Å². The summed E-state index contributed by atoms with van der Waals surface area (Å²) in [4.78, 5) is 18.9. The molecule has 6 heterocycles. The zero-order valence-electron chi connectivity index (χ0n) is 28.1. The first-order valence-corrected chi connectivity index (χ1v) is 19.8. The summed E-state index contributed by atoms with van der Waals surface area (Å²) < 4.78 is 32.2. The Balaban J connectivity index is 1.01. The van der Waals surface area contributed by atoms with Gasteiger partial charge in [0, 0.05) is 67.0 Å². The minimum atomic E-state index is -3.48. The summed E-state index contributed by atoms with van der Waals surface area (Å²) in [6.07, 6.45) is 8.24. The smallest absolute Gasteiger partial charge is 0.204 e. The number of anilines is 3. The van der Waals surface area contributed by atoms with Crippen LogP contribution in [0.3, 0.4) is 0 Å². The Morgan fingerprint density at radius 3 is 2.51 bits per heavy atom. The van der Waals surface area contributed by atoms with E-state index in [1.54, 1.807) is 19.2 Å². The molecule has 4 fully saturated rings. The molecule has 3 unspecified atom stereocenters. The Hall–Kier alpha value is -3.65. The topological polar surface area (TPSA) is 120 Å². The number of aromatic nitrogens is 4. The normalized spacial score (nSPS) is 24.0. The second-order valence-corrected chi connectivity index (χ2v) is 17.0. The van der Waals surface area contributed by atoms with Crippen LogP contribution in [0.1, 0.15) is 49.8 Å². The summed E-state index contributed by atoms with van der Waals surface area (Å²) in [6, 6.07) is 19.8. The molecule has 2 N–H and O–H groups in total. The highest BCUT2D eigenvalue weighted by atomic mass is 32.2. The van der Waals surface area contributed by atoms with Crippen molar-refractivity contribution in [3.05, 3.63) is 71.9 Å². The summed E-state index contributed by atoms with van der Waals surface area (Å²) in [5, 5.41) is 11.2. The molecule has 2 aromatic heterocycles. The maximum absolute atomic E-state index is 13.1. The number of piperazine rings is 1. The summed E-state index contributed by atoms with van der Waals surface area (Å²) in [7, 11) is -1.83. The molecule has 2 aromatic carbocycles. The highest BCUT2D eigenvalue weighted by Gasteiger charge is 2.59. The second kappa shape index (κ2) is 13.2. The summed E-state index contributed by atoms with van der Waals surface area (Å²) in [5.41, 5.74) is 2.08. The van der Waals surface area contributed by atoms with Crippen LogP contribution in [0.2, 0.25) is 0 Å². The molecular weight excluding hydrogens is 657 g/mol. The summed E-state index contributed by atoms with van der Waals surface area (Å²) in [6.45, 7) is 6.75. The van der Waals surface area contributed by atoms with E-state index in [1.165, 1.54) is 50.3 Å². The third kappa shape index (κ3) is 6.53. The molecule has 0 spiro atoms. The number of nitrogens with zero attached hydrogens (tertiary/aromatic N) is 6. The van der Waals surface area contributed by atoms with Gasteiger partial charge >= 0.3 is 0 Å². The van der Waals surface area contributed by atoms with Gasteiger partial charge in [-0.05, 0) is 80.6 Å². The molecule has 0 aliphatic carbocycles. The lowest BCUT2D eigenvalue weighted by Crippen LogP contribution is -2.70. The number of ether oxygens (including phenoxy) is 1. The van der Waals surface area contributed by atoms with Crippen LogP contribution in [0.15, 0.2) is 75.6 Å². The molecule has 49 heavy (non-hydrogen) atoms. The van der Waals surface area contributed by atoms with Crippen molar-refractivity contribution in [2.45, 2.75) is 83.8 Å². The molecule has 258 valence electrons. The van der Waals surface area contributed by atoms with Crippen molar-refractivity contribution in [1.29, 1.82) is 0 Å². The van der Waals surface area contributed by atoms with Crippen molar-refractivity contribution in [2.75, 3.05) is 50.1 Å². The van der Waals surface area contributed by atoms with Crippen molar-refractivity contribution < 1.29 is 13.2 Å². The van der Waals surface area contributed by atoms with Gasteiger partial charge in [0.15, 0.2) is 32.4 Å². The zero-order valence-corrected chi connectivity index (χ0v) is 29.8. The molecule has 0 saturated carbocycles. The summed E-state index contributed by atoms with van der Waals surface area (Å²) in [5.74, 6) is 2.45. The van der Waals surface area contributed by atoms with E-state index in [1.807, 2.05) is 55.5 Å². The van der Waals surface area contributed by atoms with Gasteiger partial charge in [-0.3, -0.25) is 14.9 Å². The van der Waals surface area contributed by atoms with Gasteiger partial charge in [0.25, 0.3) is 0 Å². The van der Waals surface area contributed by atoms with Gasteiger partial charge in [-0.2, -0.15) is 5.10 Å². The maximum atomic E-state index is 13.1. The molecule has 0 radical (unpaired) electrons. The number of piperidine rings is 1. The van der Waals surface area contributed by atoms with Crippen LogP contribution in [0.25, 0.3) is 0 Å². The average molecular weight is 701 g/mol. The first-order chi connectivity index (χ1) is 23.8. The van der Waals surface area contributed by atoms with E-state index in [9.17, 15) is 8.42 Å². The van der Waals surface area contributed by atoms with E-state index in [-0.39, 0.29) is 10.6 Å². The lowest BCUT2D eigenvalue weighted by molar-refractivity contribution is -0.102. The third-order valence-electron chi connectivity index (χ3n) is 10.7. The monoisotopic (exact) mass is 700 g/mol. The molecule has 13 heteroatoms. The van der Waals surface area contributed by atoms with E-state index in [4.69, 9.17) is 14.7 Å². The third-order valence-corrected chi connectivity index (χ3v) is 13.3. The van der Waals surface area contributed by atoms with Gasteiger partial charge in [-0.1, -0.05) is 36.8 Å². The van der Waals surface area contributed by atoms with E-state index >= 15 is 0 Å². The molecule has 4 saturated heterocycles. The number of aryl methyl sites for hydroxylation is 1. The number of hydrogen-bond acceptors (Lipinski definition) is 11. The van der Waals surface area contributed by atoms with Gasteiger partial charge in [-0.15, -0.1) is 0 Å². The van der Waals surface area contributed by atoms with E-state index in [2.05, 4.69) is 30.2 Å². The van der Waals surface area contributed by atoms with Crippen molar-refractivity contribution in [1.82, 2.24) is 30.0 Å². The number of H-pyrrole nitrogens is 1. The standard InChI is InChI=1S/C36H44N8O3S2/c1-25-21-31(41-40-25)37-33-32(47-2)34(43-19-17-42(18-20-43)24-36-16-15-27-9-6-10-28(22-36)44(27)36)39-35(38-33)48-29-11-13-30(14-12-29)49(45,46)23-26-7-4-3-5-8-26/h3-5,7-8,11-14,21,27-28H,6,9-10,15-20,22-24H2,1-2H3,(H2,37,38,39,40,41). The number of aromatic amines is 1. The van der Waals surface area contributed by atoms with Gasteiger partial charge in [0.1, 0.15) is 0 Å². The minimum absolute atomic E-state index is 0.0412. The van der Waals surface area contributed by atoms with E-state index < -0.39 is 9.84 Å². The van der Waals surface area contributed by atoms with Crippen LogP contribution in [0.4, 0.5) is 17.5 Å². The van der Waals surface area contributed by atoms with Crippen molar-refractivity contribution in [3.63, 3.8) is 0 Å². The molecule has 11 nitrogen and oxygen atoms in total. The Morgan fingerprint density at radius 2 is 1.78 bits per heavy atom. The fourth-order valence-electron chi connectivity index (χ4n) is 8.53. The van der Waals surface area contributed by atoms with Crippen LogP contribution in [0.5, 0.6) is 5.75 Å². The number of hydrogen-bond donors (Lipinski definition) is 2. The number of sulfone groups is 1. The lowest BCUT2D eigenvalue weighted by atomic mass is 9.75. The predicted octanol–water partition coefficient (Wildman–Crippen LogP) is 5.67. The molecule has 8 rings (SSSR count). The Kier molecular flexibility index (Phi) is 8.79. The van der Waals surface area contributed by atoms with Gasteiger partial charge in [-0.25, -0.2) is 18.4 Å².